The predicted octanol–water partition coefficient (Wildman–Crippen LogP) is 2.89. The molecule has 0 fully saturated rings. The third-order valence-electron chi connectivity index (χ3n) is 2.66. The molecule has 0 aromatic heterocycles. The summed E-state index contributed by atoms with van der Waals surface area (Å²) < 4.78 is 0. The van der Waals surface area contributed by atoms with Crippen molar-refractivity contribution in [1.29, 1.82) is 0 Å². The fraction of sp³-hybridized carbons (Fsp3) is 0.769. The molecule has 0 aromatic carbocycles. The van der Waals surface area contributed by atoms with Crippen LogP contribution in [0.1, 0.15) is 39.0 Å². The Morgan fingerprint density at radius 1 is 1.33 bits per heavy atom. The number of aldehydes is 1. The van der Waals surface area contributed by atoms with E-state index in [0.717, 1.165) is 45.1 Å². The molecule has 0 saturated heterocycles. The molecule has 0 heterocycles. The monoisotopic (exact) mass is 211 g/mol. The van der Waals surface area contributed by atoms with Gasteiger partial charge in [0.25, 0.3) is 0 Å². The molecule has 88 valence electrons. The molecule has 0 bridgehead atoms. The van der Waals surface area contributed by atoms with Gasteiger partial charge in [-0.2, -0.15) is 0 Å². The number of nitrogens with zero attached hydrogens (tertiary/aromatic N) is 1. The number of carbonyl (C=O) groups is 1. The molecule has 2 nitrogen and oxygen atoms in total. The van der Waals surface area contributed by atoms with Gasteiger partial charge in [0.05, 0.1) is 0 Å². The third kappa shape index (κ3) is 8.37. The van der Waals surface area contributed by atoms with Crippen LogP contribution in [0, 0.1) is 5.92 Å². The van der Waals surface area contributed by atoms with Crippen molar-refractivity contribution in [3.63, 3.8) is 0 Å². The molecule has 0 aliphatic heterocycles. The second-order valence-electron chi connectivity index (χ2n) is 4.21. The highest BCUT2D eigenvalue weighted by atomic mass is 16.1. The Morgan fingerprint density at radius 2 is 2.07 bits per heavy atom. The van der Waals surface area contributed by atoms with Crippen molar-refractivity contribution in [3.05, 3.63) is 12.7 Å². The topological polar surface area (TPSA) is 20.3 Å². The summed E-state index contributed by atoms with van der Waals surface area (Å²) in [5.41, 5.74) is 0. The van der Waals surface area contributed by atoms with Crippen LogP contribution in [0.5, 0.6) is 0 Å². The van der Waals surface area contributed by atoms with Gasteiger partial charge in [-0.25, -0.2) is 0 Å². The molecular formula is C13H25NO. The second kappa shape index (κ2) is 9.91. The van der Waals surface area contributed by atoms with E-state index in [2.05, 4.69) is 25.5 Å². The van der Waals surface area contributed by atoms with Crippen LogP contribution in [-0.4, -0.2) is 31.3 Å². The average Bonchev–Trinajstić information content (AvgIpc) is 2.23. The van der Waals surface area contributed by atoms with Gasteiger partial charge >= 0.3 is 0 Å². The fourth-order valence-corrected chi connectivity index (χ4v) is 1.68. The molecule has 1 unspecified atom stereocenters. The van der Waals surface area contributed by atoms with Gasteiger partial charge in [-0.15, -0.1) is 6.58 Å². The first-order chi connectivity index (χ1) is 7.24. The Kier molecular flexibility index (Phi) is 9.49. The van der Waals surface area contributed by atoms with Gasteiger partial charge in [0.15, 0.2) is 0 Å². The Morgan fingerprint density at radius 3 is 2.60 bits per heavy atom. The van der Waals surface area contributed by atoms with Gasteiger partial charge in [-0.1, -0.05) is 13.0 Å². The maximum Gasteiger partial charge on any atom is 0.123 e. The molecule has 0 aliphatic rings. The first kappa shape index (κ1) is 14.4. The van der Waals surface area contributed by atoms with Gasteiger partial charge in [0.2, 0.25) is 0 Å². The average molecular weight is 211 g/mol. The Labute approximate surface area is 94.4 Å². The minimum Gasteiger partial charge on any atom is -0.306 e. The van der Waals surface area contributed by atoms with E-state index in [1.165, 1.54) is 6.42 Å². The zero-order valence-corrected chi connectivity index (χ0v) is 10.2. The van der Waals surface area contributed by atoms with E-state index in [9.17, 15) is 4.79 Å². The standard InChI is InChI=1S/C13H25NO/c1-4-6-7-8-13(12-15)9-11-14(3)10-5-2/h4,12-13H,1,5-11H2,2-3H3. The van der Waals surface area contributed by atoms with Crippen molar-refractivity contribution in [1.82, 2.24) is 4.90 Å². The minimum atomic E-state index is 0.240. The number of allylic oxidation sites excluding steroid dienone is 1. The maximum atomic E-state index is 10.8. The lowest BCUT2D eigenvalue weighted by molar-refractivity contribution is -0.111. The fourth-order valence-electron chi connectivity index (χ4n) is 1.68. The molecule has 0 spiro atoms. The van der Waals surface area contributed by atoms with Crippen LogP contribution >= 0.6 is 0 Å². The van der Waals surface area contributed by atoms with Crippen LogP contribution in [0.2, 0.25) is 0 Å². The molecule has 0 saturated carbocycles. The van der Waals surface area contributed by atoms with E-state index in [4.69, 9.17) is 0 Å². The van der Waals surface area contributed by atoms with E-state index in [1.807, 2.05) is 6.08 Å². The number of hydrogen-bond donors (Lipinski definition) is 0. The maximum absolute atomic E-state index is 10.8. The van der Waals surface area contributed by atoms with Gasteiger partial charge < -0.3 is 9.69 Å². The summed E-state index contributed by atoms with van der Waals surface area (Å²) in [6.45, 7) is 8.02. The lowest BCUT2D eigenvalue weighted by Crippen LogP contribution is -2.22. The second-order valence-corrected chi connectivity index (χ2v) is 4.21. The summed E-state index contributed by atoms with van der Waals surface area (Å²) in [5, 5.41) is 0. The largest absolute Gasteiger partial charge is 0.306 e. The summed E-state index contributed by atoms with van der Waals surface area (Å²) in [4.78, 5) is 13.1. The molecule has 0 radical (unpaired) electrons. The van der Waals surface area contributed by atoms with Gasteiger partial charge in [0, 0.05) is 5.92 Å². The normalized spacial score (nSPS) is 12.7. The Bertz CT molecular complexity index is 168. The molecule has 0 rings (SSSR count). The summed E-state index contributed by atoms with van der Waals surface area (Å²) in [7, 11) is 2.12. The third-order valence-corrected chi connectivity index (χ3v) is 2.66. The molecular weight excluding hydrogens is 186 g/mol. The van der Waals surface area contributed by atoms with Crippen molar-refractivity contribution in [2.24, 2.45) is 5.92 Å². The van der Waals surface area contributed by atoms with Gasteiger partial charge in [-0.05, 0) is 52.2 Å². The van der Waals surface area contributed by atoms with Crippen LogP contribution in [0.4, 0.5) is 0 Å². The number of carbonyl (C=O) groups excluding carboxylic acids is 1. The summed E-state index contributed by atoms with van der Waals surface area (Å²) in [6.07, 6.45) is 8.33. The smallest absolute Gasteiger partial charge is 0.123 e. The highest BCUT2D eigenvalue weighted by Gasteiger charge is 2.07. The molecule has 0 aliphatic carbocycles. The van der Waals surface area contributed by atoms with Crippen LogP contribution in [0.25, 0.3) is 0 Å². The molecule has 0 aromatic rings. The quantitative estimate of drug-likeness (QED) is 0.314. The van der Waals surface area contributed by atoms with Crippen molar-refractivity contribution in [2.45, 2.75) is 39.0 Å². The molecule has 1 atom stereocenters. The van der Waals surface area contributed by atoms with Gasteiger partial charge in [-0.3, -0.25) is 0 Å². The molecule has 0 amide bonds. The molecule has 0 N–H and O–H groups in total. The minimum absolute atomic E-state index is 0.240. The van der Waals surface area contributed by atoms with Gasteiger partial charge in [0.1, 0.15) is 6.29 Å². The van der Waals surface area contributed by atoms with Crippen LogP contribution in [0.3, 0.4) is 0 Å². The number of hydrogen-bond acceptors (Lipinski definition) is 2. The predicted molar refractivity (Wildman–Crippen MR) is 66.0 cm³/mol. The van der Waals surface area contributed by atoms with Crippen LogP contribution in [0.15, 0.2) is 12.7 Å². The lowest BCUT2D eigenvalue weighted by Gasteiger charge is -2.17. The van der Waals surface area contributed by atoms with Crippen LogP contribution < -0.4 is 0 Å². The SMILES string of the molecule is C=CCCCC(C=O)CCN(C)CCC. The Balaban J connectivity index is 3.59. The van der Waals surface area contributed by atoms with Crippen LogP contribution in [-0.2, 0) is 4.79 Å². The van der Waals surface area contributed by atoms with Crippen molar-refractivity contribution in [2.75, 3.05) is 20.1 Å². The van der Waals surface area contributed by atoms with Crippen molar-refractivity contribution >= 4 is 6.29 Å². The molecule has 2 heteroatoms. The summed E-state index contributed by atoms with van der Waals surface area (Å²) in [5.74, 6) is 0.240. The van der Waals surface area contributed by atoms with E-state index in [1.54, 1.807) is 0 Å². The Hall–Kier alpha value is -0.630. The highest BCUT2D eigenvalue weighted by molar-refractivity contribution is 5.53. The lowest BCUT2D eigenvalue weighted by atomic mass is 10.00. The first-order valence-electron chi connectivity index (χ1n) is 5.99. The van der Waals surface area contributed by atoms with E-state index >= 15 is 0 Å². The zero-order valence-electron chi connectivity index (χ0n) is 10.2. The van der Waals surface area contributed by atoms with E-state index in [0.29, 0.717) is 0 Å². The summed E-state index contributed by atoms with van der Waals surface area (Å²) in [6, 6.07) is 0. The van der Waals surface area contributed by atoms with E-state index in [-0.39, 0.29) is 5.92 Å². The first-order valence-corrected chi connectivity index (χ1v) is 5.99. The van der Waals surface area contributed by atoms with E-state index < -0.39 is 0 Å². The summed E-state index contributed by atoms with van der Waals surface area (Å²) >= 11 is 0. The highest BCUT2D eigenvalue weighted by Crippen LogP contribution is 2.11. The van der Waals surface area contributed by atoms with Crippen molar-refractivity contribution < 1.29 is 4.79 Å². The number of rotatable bonds is 10. The number of unbranched alkanes of at least 4 members (excludes halogenated alkanes) is 1. The van der Waals surface area contributed by atoms with Crippen molar-refractivity contribution in [3.8, 4) is 0 Å². The zero-order chi connectivity index (χ0) is 11.5. The molecule has 15 heavy (non-hydrogen) atoms.